The van der Waals surface area contributed by atoms with Gasteiger partial charge in [-0.05, 0) is 54.6 Å². The fourth-order valence-electron chi connectivity index (χ4n) is 3.17. The van der Waals surface area contributed by atoms with Crippen LogP contribution in [-0.2, 0) is 0 Å². The molecule has 2 aromatic carbocycles. The Hall–Kier alpha value is -4.24. The van der Waals surface area contributed by atoms with Crippen molar-refractivity contribution in [1.29, 1.82) is 0 Å². The van der Waals surface area contributed by atoms with Crippen LogP contribution in [0, 0.1) is 0 Å². The second kappa shape index (κ2) is 8.71. The number of ether oxygens (including phenoxy) is 1. The fourth-order valence-corrected chi connectivity index (χ4v) is 3.55. The zero-order valence-corrected chi connectivity index (χ0v) is 18.4. The zero-order chi connectivity index (χ0) is 22.8. The van der Waals surface area contributed by atoms with Crippen LogP contribution in [0.25, 0.3) is 22.5 Å². The Kier molecular flexibility index (Phi) is 5.45. The normalized spacial score (nSPS) is 11.3. The topological polar surface area (TPSA) is 99.8 Å². The Bertz CT molecular complexity index is 1540. The lowest BCUT2D eigenvalue weighted by atomic mass is 10.2. The maximum absolute atomic E-state index is 13.2. The molecule has 5 rings (SSSR count). The highest BCUT2D eigenvalue weighted by atomic mass is 79.9. The van der Waals surface area contributed by atoms with Crippen LogP contribution in [0.4, 0.5) is 0 Å². The molecule has 0 saturated heterocycles. The number of halogens is 1. The van der Waals surface area contributed by atoms with Gasteiger partial charge in [0.05, 0.1) is 29.6 Å². The molecule has 0 saturated carbocycles. The van der Waals surface area contributed by atoms with Crippen molar-refractivity contribution in [2.75, 3.05) is 0 Å². The summed E-state index contributed by atoms with van der Waals surface area (Å²) in [6.45, 7) is 0. The number of carbonyl (C=O) groups is 1. The van der Waals surface area contributed by atoms with Crippen molar-refractivity contribution >= 4 is 39.0 Å². The molecule has 0 radical (unpaired) electrons. The van der Waals surface area contributed by atoms with Crippen molar-refractivity contribution in [3.63, 3.8) is 0 Å². The van der Waals surface area contributed by atoms with Crippen LogP contribution in [0.1, 0.15) is 16.1 Å². The number of fused-ring (bicyclic) bond motifs is 1. The Morgan fingerprint density at radius 3 is 2.64 bits per heavy atom. The number of benzene rings is 2. The largest absolute Gasteiger partial charge is 0.461 e. The minimum Gasteiger partial charge on any atom is -0.461 e. The maximum atomic E-state index is 13.2. The van der Waals surface area contributed by atoms with Gasteiger partial charge in [-0.2, -0.15) is 9.78 Å². The van der Waals surface area contributed by atoms with Gasteiger partial charge in [-0.15, -0.1) is 0 Å². The summed E-state index contributed by atoms with van der Waals surface area (Å²) in [5, 5.41) is 4.78. The first-order valence-corrected chi connectivity index (χ1v) is 10.5. The molecule has 9 heteroatoms. The summed E-state index contributed by atoms with van der Waals surface area (Å²) >= 11 is 3.40. The predicted molar refractivity (Wildman–Crippen MR) is 125 cm³/mol. The van der Waals surface area contributed by atoms with E-state index in [-0.39, 0.29) is 22.9 Å². The van der Waals surface area contributed by atoms with Crippen LogP contribution < -0.4 is 10.3 Å². The highest BCUT2D eigenvalue weighted by Gasteiger charge is 2.16. The summed E-state index contributed by atoms with van der Waals surface area (Å²) in [5.41, 5.74) is 0.609. The number of hydrogen-bond acceptors (Lipinski definition) is 7. The molecular formula is C24H14BrN3O5. The maximum Gasteiger partial charge on any atom is 0.379 e. The van der Waals surface area contributed by atoms with Gasteiger partial charge in [0, 0.05) is 10.0 Å². The molecule has 0 N–H and O–H groups in total. The van der Waals surface area contributed by atoms with E-state index in [0.717, 1.165) is 9.15 Å². The average molecular weight is 504 g/mol. The smallest absolute Gasteiger partial charge is 0.379 e. The lowest BCUT2D eigenvalue weighted by Gasteiger charge is -2.09. The molecule has 0 atom stereocenters. The number of hydrogen-bond donors (Lipinski definition) is 0. The van der Waals surface area contributed by atoms with Crippen molar-refractivity contribution in [1.82, 2.24) is 9.66 Å². The number of carbonyl (C=O) groups excluding carboxylic acids is 1. The first-order chi connectivity index (χ1) is 16.1. The van der Waals surface area contributed by atoms with Gasteiger partial charge in [-0.1, -0.05) is 28.1 Å². The van der Waals surface area contributed by atoms with Crippen LogP contribution in [0.3, 0.4) is 0 Å². The van der Waals surface area contributed by atoms with E-state index in [9.17, 15) is 9.59 Å². The molecule has 0 aliphatic heterocycles. The predicted octanol–water partition coefficient (Wildman–Crippen LogP) is 5.11. The molecule has 3 aromatic heterocycles. The van der Waals surface area contributed by atoms with Gasteiger partial charge in [-0.3, -0.25) is 4.79 Å². The van der Waals surface area contributed by atoms with Crippen LogP contribution in [-0.4, -0.2) is 21.8 Å². The lowest BCUT2D eigenvalue weighted by Crippen LogP contribution is -2.20. The molecule has 0 spiro atoms. The Morgan fingerprint density at radius 1 is 1.03 bits per heavy atom. The SMILES string of the molecule is O=C(Oc1ccc(Br)cc1C=Nn1c(-c2ccco2)nc2ccccc2c1=O)c1ccco1. The van der Waals surface area contributed by atoms with E-state index in [2.05, 4.69) is 26.0 Å². The third-order valence-electron chi connectivity index (χ3n) is 4.70. The van der Waals surface area contributed by atoms with Crippen molar-refractivity contribution in [3.8, 4) is 17.3 Å². The number of nitrogens with zero attached hydrogens (tertiary/aromatic N) is 3. The zero-order valence-electron chi connectivity index (χ0n) is 16.8. The van der Waals surface area contributed by atoms with E-state index in [1.165, 1.54) is 24.8 Å². The average Bonchev–Trinajstić information content (AvgIpc) is 3.54. The summed E-state index contributed by atoms with van der Waals surface area (Å²) in [5.74, 6) is 0.274. The highest BCUT2D eigenvalue weighted by molar-refractivity contribution is 9.10. The van der Waals surface area contributed by atoms with E-state index >= 15 is 0 Å². The Labute approximate surface area is 194 Å². The molecule has 0 amide bonds. The van der Waals surface area contributed by atoms with Crippen LogP contribution in [0.2, 0.25) is 0 Å². The van der Waals surface area contributed by atoms with Crippen molar-refractivity contribution < 1.29 is 18.4 Å². The number of rotatable bonds is 5. The molecule has 5 aromatic rings. The molecule has 3 heterocycles. The van der Waals surface area contributed by atoms with Crippen molar-refractivity contribution in [3.05, 3.63) is 105 Å². The summed E-state index contributed by atoms with van der Waals surface area (Å²) in [6, 6.07) is 18.5. The first-order valence-electron chi connectivity index (χ1n) is 9.75. The summed E-state index contributed by atoms with van der Waals surface area (Å²) in [6.07, 6.45) is 4.29. The molecule has 0 fully saturated rings. The molecule has 162 valence electrons. The van der Waals surface area contributed by atoms with E-state index in [1.807, 2.05) is 0 Å². The van der Waals surface area contributed by atoms with Crippen LogP contribution in [0.5, 0.6) is 5.75 Å². The standard InChI is InChI=1S/C24H14BrN3O5/c25-16-9-10-19(33-24(30)21-8-4-12-32-21)15(13-16)14-26-28-22(20-7-3-11-31-20)27-18-6-2-1-5-17(18)23(28)29/h1-14H. The second-order valence-corrected chi connectivity index (χ2v) is 7.76. The number of aromatic nitrogens is 2. The third kappa shape index (κ3) is 4.13. The molecule has 0 aliphatic rings. The first kappa shape index (κ1) is 20.7. The summed E-state index contributed by atoms with van der Waals surface area (Å²) < 4.78 is 17.9. The minimum absolute atomic E-state index is 0.0656. The van der Waals surface area contributed by atoms with Crippen molar-refractivity contribution in [2.24, 2.45) is 5.10 Å². The third-order valence-corrected chi connectivity index (χ3v) is 5.20. The molecule has 0 unspecified atom stereocenters. The van der Waals surface area contributed by atoms with Crippen molar-refractivity contribution in [2.45, 2.75) is 0 Å². The lowest BCUT2D eigenvalue weighted by molar-refractivity contribution is 0.0701. The quantitative estimate of drug-likeness (QED) is 0.187. The van der Waals surface area contributed by atoms with E-state index < -0.39 is 5.97 Å². The van der Waals surface area contributed by atoms with E-state index in [0.29, 0.717) is 22.2 Å². The Balaban J connectivity index is 1.60. The Morgan fingerprint density at radius 2 is 1.85 bits per heavy atom. The minimum atomic E-state index is -0.655. The van der Waals surface area contributed by atoms with Gasteiger partial charge in [0.1, 0.15) is 5.75 Å². The summed E-state index contributed by atoms with van der Waals surface area (Å²) in [4.78, 5) is 30.1. The van der Waals surface area contributed by atoms with Gasteiger partial charge in [-0.25, -0.2) is 9.78 Å². The molecule has 0 bridgehead atoms. The molecule has 8 nitrogen and oxygen atoms in total. The van der Waals surface area contributed by atoms with Gasteiger partial charge < -0.3 is 13.6 Å². The van der Waals surface area contributed by atoms with Crippen LogP contribution in [0.15, 0.2) is 102 Å². The van der Waals surface area contributed by atoms with E-state index in [1.54, 1.807) is 60.7 Å². The molecule has 33 heavy (non-hydrogen) atoms. The monoisotopic (exact) mass is 503 g/mol. The fraction of sp³-hybridized carbons (Fsp3) is 0. The molecule has 0 aliphatic carbocycles. The number of furan rings is 2. The molecular weight excluding hydrogens is 490 g/mol. The van der Waals surface area contributed by atoms with E-state index in [4.69, 9.17) is 13.6 Å². The number of para-hydroxylation sites is 1. The van der Waals surface area contributed by atoms with Gasteiger partial charge in [0.25, 0.3) is 5.56 Å². The van der Waals surface area contributed by atoms with Gasteiger partial charge in [0.2, 0.25) is 11.6 Å². The van der Waals surface area contributed by atoms with Crippen LogP contribution >= 0.6 is 15.9 Å². The van der Waals surface area contributed by atoms with Gasteiger partial charge in [0.15, 0.2) is 5.76 Å². The highest BCUT2D eigenvalue weighted by Crippen LogP contribution is 2.24. The summed E-state index contributed by atoms with van der Waals surface area (Å²) in [7, 11) is 0. The van der Waals surface area contributed by atoms with Gasteiger partial charge >= 0.3 is 5.97 Å². The number of esters is 1. The second-order valence-electron chi connectivity index (χ2n) is 6.84.